The molecule has 0 saturated heterocycles. The summed E-state index contributed by atoms with van der Waals surface area (Å²) in [5.74, 6) is 0.474. The standard InChI is InChI=1S/C29H34N4S/c1-20(2)28-30-25(19-34-28)29(5,6)17-11-13-22-12-10-16-24(18-22)27-26(23-14-8-7-9-15-23)31-33(32-27)21(3)4/h7-16,18-21H,17H2,1-6H3. The summed E-state index contributed by atoms with van der Waals surface area (Å²) < 4.78 is 0. The second-order valence-corrected chi connectivity index (χ2v) is 10.9. The molecular formula is C29H34N4S. The van der Waals surface area contributed by atoms with Gasteiger partial charge in [0.05, 0.1) is 16.7 Å². The van der Waals surface area contributed by atoms with Crippen LogP contribution in [-0.2, 0) is 5.41 Å². The van der Waals surface area contributed by atoms with Gasteiger partial charge in [0.15, 0.2) is 0 Å². The Bertz CT molecular complexity index is 1260. The van der Waals surface area contributed by atoms with E-state index in [1.807, 2.05) is 23.0 Å². The molecule has 5 heteroatoms. The molecule has 0 amide bonds. The first kappa shape index (κ1) is 24.1. The van der Waals surface area contributed by atoms with E-state index in [9.17, 15) is 0 Å². The lowest BCUT2D eigenvalue weighted by Crippen LogP contribution is -2.16. The molecule has 0 unspecified atom stereocenters. The van der Waals surface area contributed by atoms with E-state index in [4.69, 9.17) is 15.2 Å². The molecule has 2 heterocycles. The molecule has 0 spiro atoms. The van der Waals surface area contributed by atoms with Crippen LogP contribution in [0.4, 0.5) is 0 Å². The molecule has 0 fully saturated rings. The highest BCUT2D eigenvalue weighted by molar-refractivity contribution is 7.09. The number of benzene rings is 2. The molecular weight excluding hydrogens is 436 g/mol. The van der Waals surface area contributed by atoms with Crippen LogP contribution >= 0.6 is 11.3 Å². The van der Waals surface area contributed by atoms with Crippen molar-refractivity contribution in [1.29, 1.82) is 0 Å². The Morgan fingerprint density at radius 2 is 1.59 bits per heavy atom. The number of nitrogens with zero attached hydrogens (tertiary/aromatic N) is 4. The topological polar surface area (TPSA) is 43.6 Å². The van der Waals surface area contributed by atoms with Crippen molar-refractivity contribution in [2.45, 2.75) is 65.3 Å². The summed E-state index contributed by atoms with van der Waals surface area (Å²) in [5, 5.41) is 13.1. The third-order valence-corrected chi connectivity index (χ3v) is 7.09. The summed E-state index contributed by atoms with van der Waals surface area (Å²) in [5.41, 5.74) is 6.33. The quantitative estimate of drug-likeness (QED) is 0.261. The molecule has 0 bridgehead atoms. The molecule has 0 aliphatic heterocycles. The van der Waals surface area contributed by atoms with Gasteiger partial charge >= 0.3 is 0 Å². The third kappa shape index (κ3) is 5.36. The minimum atomic E-state index is -0.00180. The minimum Gasteiger partial charge on any atom is -0.245 e. The van der Waals surface area contributed by atoms with Gasteiger partial charge in [0.1, 0.15) is 11.4 Å². The van der Waals surface area contributed by atoms with Crippen LogP contribution in [0.1, 0.15) is 76.2 Å². The zero-order valence-corrected chi connectivity index (χ0v) is 21.8. The van der Waals surface area contributed by atoms with Crippen molar-refractivity contribution in [2.75, 3.05) is 0 Å². The van der Waals surface area contributed by atoms with Crippen LogP contribution in [0.2, 0.25) is 0 Å². The largest absolute Gasteiger partial charge is 0.245 e. The lowest BCUT2D eigenvalue weighted by molar-refractivity contribution is 0.468. The van der Waals surface area contributed by atoms with Gasteiger partial charge in [-0.3, -0.25) is 0 Å². The first-order valence-electron chi connectivity index (χ1n) is 12.0. The van der Waals surface area contributed by atoms with Crippen LogP contribution in [0.3, 0.4) is 0 Å². The van der Waals surface area contributed by atoms with Crippen LogP contribution in [0.5, 0.6) is 0 Å². The molecule has 0 aliphatic rings. The van der Waals surface area contributed by atoms with E-state index >= 15 is 0 Å². The van der Waals surface area contributed by atoms with Crippen molar-refractivity contribution in [3.8, 4) is 22.5 Å². The molecule has 4 rings (SSSR count). The van der Waals surface area contributed by atoms with Gasteiger partial charge in [0, 0.05) is 27.8 Å². The monoisotopic (exact) mass is 470 g/mol. The number of hydrogen-bond donors (Lipinski definition) is 0. The maximum Gasteiger partial charge on any atom is 0.121 e. The fourth-order valence-corrected chi connectivity index (χ4v) is 4.81. The number of hydrogen-bond acceptors (Lipinski definition) is 4. The van der Waals surface area contributed by atoms with E-state index in [1.54, 1.807) is 11.3 Å². The normalized spacial score (nSPS) is 12.4. The molecule has 0 aliphatic carbocycles. The Labute approximate surface area is 207 Å². The number of allylic oxidation sites excluding steroid dienone is 1. The SMILES string of the molecule is CC(C)c1nc(C(C)(C)CC=Cc2cccc(-c3nn(C(C)C)nc3-c3ccccc3)c2)cs1. The summed E-state index contributed by atoms with van der Waals surface area (Å²) in [6.45, 7) is 13.1. The Morgan fingerprint density at radius 1 is 0.912 bits per heavy atom. The predicted molar refractivity (Wildman–Crippen MR) is 144 cm³/mol. The van der Waals surface area contributed by atoms with Crippen LogP contribution in [0.15, 0.2) is 66.1 Å². The van der Waals surface area contributed by atoms with E-state index in [-0.39, 0.29) is 11.5 Å². The van der Waals surface area contributed by atoms with Crippen molar-refractivity contribution in [3.05, 3.63) is 82.3 Å². The van der Waals surface area contributed by atoms with Gasteiger partial charge in [0.25, 0.3) is 0 Å². The summed E-state index contributed by atoms with van der Waals surface area (Å²) in [4.78, 5) is 6.69. The summed E-state index contributed by atoms with van der Waals surface area (Å²) in [6.07, 6.45) is 5.39. The van der Waals surface area contributed by atoms with Gasteiger partial charge in [-0.05, 0) is 31.9 Å². The first-order valence-corrected chi connectivity index (χ1v) is 12.9. The Balaban J connectivity index is 1.58. The Hall–Kier alpha value is -3.05. The van der Waals surface area contributed by atoms with Gasteiger partial charge in [-0.2, -0.15) is 15.0 Å². The summed E-state index contributed by atoms with van der Waals surface area (Å²) >= 11 is 1.77. The van der Waals surface area contributed by atoms with Gasteiger partial charge in [-0.15, -0.1) is 11.3 Å². The average molecular weight is 471 g/mol. The lowest BCUT2D eigenvalue weighted by atomic mass is 9.86. The van der Waals surface area contributed by atoms with Crippen LogP contribution < -0.4 is 0 Å². The molecule has 4 aromatic rings. The highest BCUT2D eigenvalue weighted by Crippen LogP contribution is 2.32. The zero-order chi connectivity index (χ0) is 24.3. The Kier molecular flexibility index (Phi) is 7.13. The molecule has 4 nitrogen and oxygen atoms in total. The summed E-state index contributed by atoms with van der Waals surface area (Å²) in [6, 6.07) is 19.0. The fourth-order valence-electron chi connectivity index (χ4n) is 3.79. The van der Waals surface area contributed by atoms with E-state index in [0.29, 0.717) is 5.92 Å². The molecule has 0 saturated carbocycles. The van der Waals surface area contributed by atoms with Gasteiger partial charge in [-0.1, -0.05) is 88.4 Å². The molecule has 0 atom stereocenters. The van der Waals surface area contributed by atoms with Gasteiger partial charge < -0.3 is 0 Å². The average Bonchev–Trinajstić information content (AvgIpc) is 3.49. The second kappa shape index (κ2) is 10.1. The third-order valence-electron chi connectivity index (χ3n) is 5.95. The van der Waals surface area contributed by atoms with Gasteiger partial charge in [0.2, 0.25) is 0 Å². The van der Waals surface area contributed by atoms with E-state index < -0.39 is 0 Å². The Morgan fingerprint density at radius 3 is 2.24 bits per heavy atom. The van der Waals surface area contributed by atoms with E-state index in [2.05, 4.69) is 95.5 Å². The number of rotatable bonds is 8. The minimum absolute atomic E-state index is 0.00180. The predicted octanol–water partition coefficient (Wildman–Crippen LogP) is 8.15. The first-order chi connectivity index (χ1) is 16.2. The molecule has 176 valence electrons. The van der Waals surface area contributed by atoms with Crippen molar-refractivity contribution < 1.29 is 0 Å². The van der Waals surface area contributed by atoms with Crippen molar-refractivity contribution >= 4 is 17.4 Å². The van der Waals surface area contributed by atoms with Crippen molar-refractivity contribution in [1.82, 2.24) is 20.0 Å². The fraction of sp³-hybridized carbons (Fsp3) is 0.345. The molecule has 0 radical (unpaired) electrons. The molecule has 34 heavy (non-hydrogen) atoms. The lowest BCUT2D eigenvalue weighted by Gasteiger charge is -2.20. The number of aromatic nitrogens is 4. The molecule has 0 N–H and O–H groups in total. The maximum absolute atomic E-state index is 4.88. The van der Waals surface area contributed by atoms with E-state index in [0.717, 1.165) is 34.5 Å². The van der Waals surface area contributed by atoms with Crippen LogP contribution in [-0.4, -0.2) is 20.0 Å². The highest BCUT2D eigenvalue weighted by atomic mass is 32.1. The second-order valence-electron chi connectivity index (χ2n) is 10.0. The highest BCUT2D eigenvalue weighted by Gasteiger charge is 2.23. The van der Waals surface area contributed by atoms with Crippen LogP contribution in [0.25, 0.3) is 28.6 Å². The van der Waals surface area contributed by atoms with Gasteiger partial charge in [-0.25, -0.2) is 4.98 Å². The number of thiazole rings is 1. The van der Waals surface area contributed by atoms with Crippen LogP contribution in [0, 0.1) is 0 Å². The smallest absolute Gasteiger partial charge is 0.121 e. The summed E-state index contributed by atoms with van der Waals surface area (Å²) in [7, 11) is 0. The van der Waals surface area contributed by atoms with E-state index in [1.165, 1.54) is 10.7 Å². The molecule has 2 aromatic carbocycles. The van der Waals surface area contributed by atoms with Crippen molar-refractivity contribution in [3.63, 3.8) is 0 Å². The zero-order valence-electron chi connectivity index (χ0n) is 21.0. The van der Waals surface area contributed by atoms with Crippen molar-refractivity contribution in [2.24, 2.45) is 0 Å². The molecule has 2 aromatic heterocycles. The maximum atomic E-state index is 4.88.